The molecule has 6 rings (SSSR count). The number of thiophene rings is 2. The van der Waals surface area contributed by atoms with E-state index in [9.17, 15) is 15.2 Å². The second-order valence-corrected chi connectivity index (χ2v) is 13.4. The molecule has 1 aliphatic heterocycles. The van der Waals surface area contributed by atoms with Gasteiger partial charge in [-0.2, -0.15) is 5.26 Å². The highest BCUT2D eigenvalue weighted by molar-refractivity contribution is 7.24. The number of carboxylic acids is 1. The molecule has 0 saturated carbocycles. The quantitative estimate of drug-likeness (QED) is 0.0625. The molecule has 1 aliphatic rings. The van der Waals surface area contributed by atoms with E-state index >= 15 is 0 Å². The number of benzene rings is 3. The van der Waals surface area contributed by atoms with Gasteiger partial charge in [0.2, 0.25) is 0 Å². The van der Waals surface area contributed by atoms with Gasteiger partial charge in [0.25, 0.3) is 0 Å². The van der Waals surface area contributed by atoms with Crippen molar-refractivity contribution in [1.29, 1.82) is 5.26 Å². The second kappa shape index (κ2) is 15.1. The summed E-state index contributed by atoms with van der Waals surface area (Å²) in [5, 5.41) is 18.9. The number of aliphatic carboxylic acids is 1. The summed E-state index contributed by atoms with van der Waals surface area (Å²) in [5.74, 6) is -0.137. The van der Waals surface area contributed by atoms with Crippen molar-refractivity contribution in [1.82, 2.24) is 0 Å². The molecular formula is C40H35NO4S2. The molecule has 3 aromatic carbocycles. The van der Waals surface area contributed by atoms with Crippen LogP contribution in [0.2, 0.25) is 0 Å². The highest BCUT2D eigenvalue weighted by Crippen LogP contribution is 2.53. The van der Waals surface area contributed by atoms with E-state index in [1.165, 1.54) is 63.8 Å². The fourth-order valence-electron chi connectivity index (χ4n) is 5.68. The van der Waals surface area contributed by atoms with Crippen molar-refractivity contribution in [2.24, 2.45) is 0 Å². The molecule has 0 saturated heterocycles. The van der Waals surface area contributed by atoms with Crippen LogP contribution in [0.4, 0.5) is 0 Å². The number of fused-ring (bicyclic) bond motifs is 1. The van der Waals surface area contributed by atoms with Crippen molar-refractivity contribution < 1.29 is 19.4 Å². The molecule has 2 aromatic heterocycles. The lowest BCUT2D eigenvalue weighted by molar-refractivity contribution is -0.132. The number of carbonyl (C=O) groups is 1. The lowest BCUT2D eigenvalue weighted by Crippen LogP contribution is -2.14. The maximum absolute atomic E-state index is 11.6. The van der Waals surface area contributed by atoms with Crippen molar-refractivity contribution in [3.05, 3.63) is 124 Å². The third-order valence-corrected chi connectivity index (χ3v) is 10.5. The van der Waals surface area contributed by atoms with Crippen LogP contribution in [-0.2, 0) is 11.2 Å². The van der Waals surface area contributed by atoms with Crippen LogP contribution in [0.1, 0.15) is 59.7 Å². The summed E-state index contributed by atoms with van der Waals surface area (Å²) in [4.78, 5) is 15.3. The number of nitrogens with zero attached hydrogens (tertiary/aromatic N) is 1. The topological polar surface area (TPSA) is 79.6 Å². The molecule has 5 nitrogen and oxygen atoms in total. The van der Waals surface area contributed by atoms with Crippen molar-refractivity contribution in [2.75, 3.05) is 13.2 Å². The van der Waals surface area contributed by atoms with Gasteiger partial charge in [-0.1, -0.05) is 111 Å². The Morgan fingerprint density at radius 1 is 0.830 bits per heavy atom. The molecule has 3 heterocycles. The lowest BCUT2D eigenvalue weighted by atomic mass is 9.95. The Bertz CT molecular complexity index is 1900. The van der Waals surface area contributed by atoms with E-state index in [1.54, 1.807) is 17.4 Å². The van der Waals surface area contributed by atoms with E-state index in [1.807, 2.05) is 12.1 Å². The number of rotatable bonds is 12. The third kappa shape index (κ3) is 7.41. The molecule has 5 aromatic rings. The minimum Gasteiger partial charge on any atom is -0.485 e. The molecule has 7 heteroatoms. The van der Waals surface area contributed by atoms with Crippen LogP contribution in [-0.4, -0.2) is 24.3 Å². The van der Waals surface area contributed by atoms with Crippen LogP contribution in [0.15, 0.2) is 96.6 Å². The van der Waals surface area contributed by atoms with Gasteiger partial charge in [0.1, 0.15) is 24.9 Å². The van der Waals surface area contributed by atoms with Gasteiger partial charge in [0, 0.05) is 9.75 Å². The molecule has 236 valence electrons. The van der Waals surface area contributed by atoms with Crippen molar-refractivity contribution in [2.45, 2.75) is 39.0 Å². The third-order valence-electron chi connectivity index (χ3n) is 8.04. The van der Waals surface area contributed by atoms with Gasteiger partial charge in [0.05, 0.1) is 9.75 Å². The fourth-order valence-corrected chi connectivity index (χ4v) is 8.13. The van der Waals surface area contributed by atoms with Crippen molar-refractivity contribution in [3.8, 4) is 37.8 Å². The van der Waals surface area contributed by atoms with Gasteiger partial charge >= 0.3 is 5.97 Å². The number of hydrogen-bond acceptors (Lipinski definition) is 6. The van der Waals surface area contributed by atoms with Crippen LogP contribution in [0.5, 0.6) is 11.5 Å². The van der Waals surface area contributed by atoms with Gasteiger partial charge in [0.15, 0.2) is 11.5 Å². The average Bonchev–Trinajstić information content (AvgIpc) is 3.70. The molecule has 0 atom stereocenters. The van der Waals surface area contributed by atoms with E-state index in [0.29, 0.717) is 29.6 Å². The Hall–Kier alpha value is -4.90. The molecule has 0 amide bonds. The second-order valence-electron chi connectivity index (χ2n) is 11.3. The minimum atomic E-state index is -1.27. The first-order chi connectivity index (χ1) is 23.1. The van der Waals surface area contributed by atoms with Gasteiger partial charge in [-0.3, -0.25) is 0 Å². The Kier molecular flexibility index (Phi) is 10.3. The number of carboxylic acid groups (broad SMARTS) is 1. The summed E-state index contributed by atoms with van der Waals surface area (Å²) >= 11 is 3.12. The minimum absolute atomic E-state index is 0.338. The summed E-state index contributed by atoms with van der Waals surface area (Å²) in [5.41, 5.74) is 6.75. The zero-order chi connectivity index (χ0) is 32.6. The Morgan fingerprint density at radius 3 is 2.11 bits per heavy atom. The molecular weight excluding hydrogens is 623 g/mol. The number of aryl methyl sites for hydroxylation is 1. The molecule has 0 bridgehead atoms. The molecule has 47 heavy (non-hydrogen) atoms. The molecule has 0 aliphatic carbocycles. The van der Waals surface area contributed by atoms with Gasteiger partial charge in [-0.05, 0) is 64.5 Å². The summed E-state index contributed by atoms with van der Waals surface area (Å²) in [6.45, 7) is 3.00. The van der Waals surface area contributed by atoms with Crippen molar-refractivity contribution >= 4 is 46.4 Å². The van der Waals surface area contributed by atoms with E-state index in [2.05, 4.69) is 91.9 Å². The van der Waals surface area contributed by atoms with E-state index in [-0.39, 0.29) is 5.57 Å². The Labute approximate surface area is 283 Å². The first-order valence-electron chi connectivity index (χ1n) is 15.9. The van der Waals surface area contributed by atoms with Gasteiger partial charge in [-0.15, -0.1) is 22.7 Å². The zero-order valence-electron chi connectivity index (χ0n) is 26.2. The van der Waals surface area contributed by atoms with Crippen LogP contribution in [0, 0.1) is 11.3 Å². The van der Waals surface area contributed by atoms with Gasteiger partial charge < -0.3 is 14.6 Å². The molecule has 0 fully saturated rings. The maximum Gasteiger partial charge on any atom is 0.346 e. The zero-order valence-corrected chi connectivity index (χ0v) is 27.8. The standard InChI is InChI=1S/C40H35NO4S2/c1-2-3-4-7-16-31-24-35(39-37-36(44-21-22-45-37)34(46-39)25-32(26-41)40(42)43)47-38(31)30-19-17-27(18-20-30)23-33(28-12-8-5-9-13-28)29-14-10-6-11-15-29/h5-6,8-15,17-20,23-25H,2-4,7,16,21-22H2,1H3,(H,42,43)/b32-25-. The smallest absolute Gasteiger partial charge is 0.346 e. The fraction of sp³-hybridized carbons (Fsp3) is 0.200. The Balaban J connectivity index is 1.38. The monoisotopic (exact) mass is 657 g/mol. The molecule has 0 unspecified atom stereocenters. The Morgan fingerprint density at radius 2 is 1.49 bits per heavy atom. The normalized spacial score (nSPS) is 12.4. The van der Waals surface area contributed by atoms with Crippen LogP contribution in [0.25, 0.3) is 37.9 Å². The lowest BCUT2D eigenvalue weighted by Gasteiger charge is -2.16. The van der Waals surface area contributed by atoms with E-state index in [0.717, 1.165) is 33.7 Å². The predicted octanol–water partition coefficient (Wildman–Crippen LogP) is 10.6. The highest BCUT2D eigenvalue weighted by atomic mass is 32.1. The summed E-state index contributed by atoms with van der Waals surface area (Å²) in [6.07, 6.45) is 9.28. The highest BCUT2D eigenvalue weighted by Gasteiger charge is 2.27. The van der Waals surface area contributed by atoms with E-state index < -0.39 is 5.97 Å². The van der Waals surface area contributed by atoms with Crippen LogP contribution >= 0.6 is 22.7 Å². The van der Waals surface area contributed by atoms with E-state index in [4.69, 9.17) is 9.47 Å². The first kappa shape index (κ1) is 32.1. The molecule has 0 radical (unpaired) electrons. The number of unbranched alkanes of at least 4 members (excludes halogenated alkanes) is 3. The van der Waals surface area contributed by atoms with Crippen molar-refractivity contribution in [3.63, 3.8) is 0 Å². The summed E-state index contributed by atoms with van der Waals surface area (Å²) < 4.78 is 12.0. The summed E-state index contributed by atoms with van der Waals surface area (Å²) in [6, 6.07) is 33.8. The SMILES string of the molecule is CCCCCCc1cc(-c2sc(/C=C(/C#N)C(=O)O)c3c2OCCO3)sc1-c1ccc(C=C(c2ccccc2)c2ccccc2)cc1. The number of nitriles is 1. The molecule has 0 spiro atoms. The predicted molar refractivity (Wildman–Crippen MR) is 193 cm³/mol. The number of ether oxygens (including phenoxy) is 2. The maximum atomic E-state index is 11.6. The first-order valence-corrected chi connectivity index (χ1v) is 17.5. The van der Waals surface area contributed by atoms with Gasteiger partial charge in [-0.25, -0.2) is 4.79 Å². The number of hydrogen-bond donors (Lipinski definition) is 1. The van der Waals surface area contributed by atoms with Crippen LogP contribution in [0.3, 0.4) is 0 Å². The molecule has 1 N–H and O–H groups in total. The summed E-state index contributed by atoms with van der Waals surface area (Å²) in [7, 11) is 0. The van der Waals surface area contributed by atoms with Crippen LogP contribution < -0.4 is 9.47 Å². The largest absolute Gasteiger partial charge is 0.485 e. The average molecular weight is 658 g/mol.